The minimum atomic E-state index is -4.44. The lowest BCUT2D eigenvalue weighted by molar-refractivity contribution is -0.153. The maximum absolute atomic E-state index is 13.2. The number of halogens is 3. The highest BCUT2D eigenvalue weighted by Gasteiger charge is 2.40. The second kappa shape index (κ2) is 13.7. The summed E-state index contributed by atoms with van der Waals surface area (Å²) in [6, 6.07) is 18.2. The average molecular weight is 624 g/mol. The van der Waals surface area contributed by atoms with Gasteiger partial charge in [-0.15, -0.1) is 0 Å². The standard InChI is InChI=1S/C34H36F3N3O5/c1-2-45-33(44)30-20-27(41)21-40(30)31(42)19-22-15-17-39(18-16-22)26-13-11-25(12-14-26)38-32(43)29-6-4-3-5-28(29)23-7-9-24(10-8-23)34(35,36)37/h3-14,22,27,30,41H,2,15-21H2,1H3,(H,38,43)/t27-,30+/m1/s1. The van der Waals surface area contributed by atoms with Gasteiger partial charge in [-0.2, -0.15) is 13.2 Å². The van der Waals surface area contributed by atoms with E-state index >= 15 is 0 Å². The minimum Gasteiger partial charge on any atom is -0.464 e. The molecule has 2 saturated heterocycles. The van der Waals surface area contributed by atoms with Crippen molar-refractivity contribution in [3.05, 3.63) is 83.9 Å². The number of aliphatic hydroxyl groups excluding tert-OH is 1. The summed E-state index contributed by atoms with van der Waals surface area (Å²) in [5.41, 5.74) is 2.18. The molecule has 0 unspecified atom stereocenters. The van der Waals surface area contributed by atoms with Crippen LogP contribution in [0.2, 0.25) is 0 Å². The average Bonchev–Trinajstić information content (AvgIpc) is 3.43. The number of piperidine rings is 1. The van der Waals surface area contributed by atoms with Crippen LogP contribution in [0.1, 0.15) is 48.5 Å². The molecule has 2 aliphatic heterocycles. The molecule has 3 aromatic carbocycles. The van der Waals surface area contributed by atoms with Crippen LogP contribution in [0, 0.1) is 5.92 Å². The lowest BCUT2D eigenvalue weighted by atomic mass is 9.92. The van der Waals surface area contributed by atoms with E-state index in [2.05, 4.69) is 10.2 Å². The Hall–Kier alpha value is -4.38. The quantitative estimate of drug-likeness (QED) is 0.310. The van der Waals surface area contributed by atoms with Crippen LogP contribution < -0.4 is 10.2 Å². The summed E-state index contributed by atoms with van der Waals surface area (Å²) in [4.78, 5) is 42.2. The number of carbonyl (C=O) groups excluding carboxylic acids is 3. The van der Waals surface area contributed by atoms with E-state index in [1.165, 1.54) is 17.0 Å². The van der Waals surface area contributed by atoms with E-state index in [1.54, 1.807) is 43.3 Å². The van der Waals surface area contributed by atoms with E-state index in [9.17, 15) is 32.7 Å². The first-order valence-electron chi connectivity index (χ1n) is 15.1. The fourth-order valence-corrected chi connectivity index (χ4v) is 6.04. The van der Waals surface area contributed by atoms with Gasteiger partial charge in [0.2, 0.25) is 5.91 Å². The van der Waals surface area contributed by atoms with Gasteiger partial charge in [-0.05, 0) is 79.3 Å². The molecule has 8 nitrogen and oxygen atoms in total. The minimum absolute atomic E-state index is 0.136. The second-order valence-electron chi connectivity index (χ2n) is 11.5. The molecular formula is C34H36F3N3O5. The van der Waals surface area contributed by atoms with Crippen molar-refractivity contribution in [1.29, 1.82) is 0 Å². The molecule has 0 aromatic heterocycles. The van der Waals surface area contributed by atoms with Crippen molar-refractivity contribution in [2.75, 3.05) is 36.5 Å². The van der Waals surface area contributed by atoms with Gasteiger partial charge in [0.15, 0.2) is 0 Å². The zero-order valence-corrected chi connectivity index (χ0v) is 24.9. The van der Waals surface area contributed by atoms with E-state index in [0.29, 0.717) is 28.8 Å². The first kappa shape index (κ1) is 32.0. The Morgan fingerprint density at radius 2 is 1.62 bits per heavy atom. The fraction of sp³-hybridized carbons (Fsp3) is 0.382. The molecule has 238 valence electrons. The topological polar surface area (TPSA) is 99.2 Å². The molecule has 0 saturated carbocycles. The number of nitrogens with zero attached hydrogens (tertiary/aromatic N) is 2. The molecular weight excluding hydrogens is 587 g/mol. The van der Waals surface area contributed by atoms with Gasteiger partial charge in [0.25, 0.3) is 5.91 Å². The van der Waals surface area contributed by atoms with E-state index in [0.717, 1.165) is 43.8 Å². The van der Waals surface area contributed by atoms with Crippen molar-refractivity contribution in [3.63, 3.8) is 0 Å². The van der Waals surface area contributed by atoms with Crippen molar-refractivity contribution in [1.82, 2.24) is 4.90 Å². The molecule has 0 bridgehead atoms. The number of benzene rings is 3. The molecule has 2 N–H and O–H groups in total. The molecule has 0 radical (unpaired) electrons. The highest BCUT2D eigenvalue weighted by molar-refractivity contribution is 6.08. The SMILES string of the molecule is CCOC(=O)[C@@H]1C[C@@H](O)CN1C(=O)CC1CCN(c2ccc(NC(=O)c3ccccc3-c3ccc(C(F)(F)F)cc3)cc2)CC1. The summed E-state index contributed by atoms with van der Waals surface area (Å²) in [5.74, 6) is -0.819. The predicted molar refractivity (Wildman–Crippen MR) is 164 cm³/mol. The zero-order chi connectivity index (χ0) is 32.1. The second-order valence-corrected chi connectivity index (χ2v) is 11.5. The summed E-state index contributed by atoms with van der Waals surface area (Å²) in [5, 5.41) is 12.9. The fourth-order valence-electron chi connectivity index (χ4n) is 6.04. The number of likely N-dealkylation sites (tertiary alicyclic amines) is 1. The number of esters is 1. The van der Waals surface area contributed by atoms with Crippen molar-refractivity contribution in [2.24, 2.45) is 5.92 Å². The Labute approximate surface area is 259 Å². The van der Waals surface area contributed by atoms with Gasteiger partial charge in [0, 0.05) is 49.4 Å². The van der Waals surface area contributed by atoms with Gasteiger partial charge >= 0.3 is 12.1 Å². The number of rotatable bonds is 8. The highest BCUT2D eigenvalue weighted by atomic mass is 19.4. The van der Waals surface area contributed by atoms with Gasteiger partial charge in [-0.3, -0.25) is 9.59 Å². The molecule has 3 aromatic rings. The van der Waals surface area contributed by atoms with Gasteiger partial charge < -0.3 is 25.0 Å². The number of amides is 2. The number of hydrogen-bond donors (Lipinski definition) is 2. The Kier molecular flexibility index (Phi) is 9.77. The van der Waals surface area contributed by atoms with Crippen LogP contribution in [0.4, 0.5) is 24.5 Å². The molecule has 0 spiro atoms. The zero-order valence-electron chi connectivity index (χ0n) is 24.9. The third kappa shape index (κ3) is 7.65. The van der Waals surface area contributed by atoms with Crippen molar-refractivity contribution < 1.29 is 37.4 Å². The van der Waals surface area contributed by atoms with E-state index < -0.39 is 29.9 Å². The van der Waals surface area contributed by atoms with E-state index in [4.69, 9.17) is 4.74 Å². The Morgan fingerprint density at radius 1 is 0.956 bits per heavy atom. The summed E-state index contributed by atoms with van der Waals surface area (Å²) in [6.07, 6.45) is -3.06. The van der Waals surface area contributed by atoms with Crippen LogP contribution in [0.25, 0.3) is 11.1 Å². The summed E-state index contributed by atoms with van der Waals surface area (Å²) < 4.78 is 44.1. The molecule has 2 fully saturated rings. The van der Waals surface area contributed by atoms with Crippen LogP contribution in [-0.2, 0) is 20.5 Å². The Bertz CT molecular complexity index is 1500. The predicted octanol–water partition coefficient (Wildman–Crippen LogP) is 5.76. The molecule has 2 atom stereocenters. The molecule has 2 amide bonds. The first-order valence-corrected chi connectivity index (χ1v) is 15.1. The summed E-state index contributed by atoms with van der Waals surface area (Å²) in [7, 11) is 0. The normalized spacial score (nSPS) is 19.0. The first-order chi connectivity index (χ1) is 21.5. The number of anilines is 2. The lowest BCUT2D eigenvalue weighted by Gasteiger charge is -2.34. The Morgan fingerprint density at radius 3 is 2.27 bits per heavy atom. The summed E-state index contributed by atoms with van der Waals surface area (Å²) in [6.45, 7) is 3.56. The lowest BCUT2D eigenvalue weighted by Crippen LogP contribution is -2.43. The van der Waals surface area contributed by atoms with Crippen LogP contribution in [0.15, 0.2) is 72.8 Å². The molecule has 0 aliphatic carbocycles. The summed E-state index contributed by atoms with van der Waals surface area (Å²) >= 11 is 0. The van der Waals surface area contributed by atoms with Gasteiger partial charge in [-0.25, -0.2) is 4.79 Å². The molecule has 2 aliphatic rings. The number of nitrogens with one attached hydrogen (secondary N) is 1. The molecule has 45 heavy (non-hydrogen) atoms. The monoisotopic (exact) mass is 623 g/mol. The van der Waals surface area contributed by atoms with E-state index in [-0.39, 0.29) is 37.3 Å². The van der Waals surface area contributed by atoms with E-state index in [1.807, 2.05) is 12.1 Å². The Balaban J connectivity index is 1.15. The maximum atomic E-state index is 13.2. The third-order valence-electron chi connectivity index (χ3n) is 8.42. The number of alkyl halides is 3. The van der Waals surface area contributed by atoms with Crippen LogP contribution in [0.5, 0.6) is 0 Å². The highest BCUT2D eigenvalue weighted by Crippen LogP contribution is 2.33. The van der Waals surface area contributed by atoms with Crippen molar-refractivity contribution in [3.8, 4) is 11.1 Å². The molecule has 2 heterocycles. The molecule has 11 heteroatoms. The van der Waals surface area contributed by atoms with Crippen LogP contribution >= 0.6 is 0 Å². The smallest absolute Gasteiger partial charge is 0.416 e. The maximum Gasteiger partial charge on any atom is 0.416 e. The number of carbonyl (C=O) groups is 3. The number of ether oxygens (including phenoxy) is 1. The van der Waals surface area contributed by atoms with Crippen LogP contribution in [-0.4, -0.2) is 66.2 Å². The van der Waals surface area contributed by atoms with Crippen molar-refractivity contribution >= 4 is 29.2 Å². The molecule has 5 rings (SSSR count). The van der Waals surface area contributed by atoms with Gasteiger partial charge in [0.05, 0.1) is 18.3 Å². The van der Waals surface area contributed by atoms with Crippen molar-refractivity contribution in [2.45, 2.75) is 50.9 Å². The number of hydrogen-bond acceptors (Lipinski definition) is 6. The van der Waals surface area contributed by atoms with Gasteiger partial charge in [-0.1, -0.05) is 30.3 Å². The number of β-amino-alcohol motifs (C(OH)–C–C–N with tert-alkyl or cyclic N) is 1. The largest absolute Gasteiger partial charge is 0.464 e. The number of aliphatic hydroxyl groups is 1. The third-order valence-corrected chi connectivity index (χ3v) is 8.42. The van der Waals surface area contributed by atoms with Gasteiger partial charge in [0.1, 0.15) is 6.04 Å². The van der Waals surface area contributed by atoms with Crippen LogP contribution in [0.3, 0.4) is 0 Å².